The Balaban J connectivity index is 8.84. The fourth-order valence-electron chi connectivity index (χ4n) is 3.79. The van der Waals surface area contributed by atoms with E-state index >= 15 is 0 Å². The van der Waals surface area contributed by atoms with Crippen molar-refractivity contribution in [1.82, 2.24) is 32.7 Å². The summed E-state index contributed by atoms with van der Waals surface area (Å²) in [6, 6.07) is 0. The van der Waals surface area contributed by atoms with Gasteiger partial charge in [-0.15, -0.1) is 0 Å². The summed E-state index contributed by atoms with van der Waals surface area (Å²) < 4.78 is 38.4. The summed E-state index contributed by atoms with van der Waals surface area (Å²) in [5.74, 6) is 0. The molecule has 0 aromatic rings. The van der Waals surface area contributed by atoms with Crippen LogP contribution in [0.1, 0.15) is 0 Å². The third-order valence-electron chi connectivity index (χ3n) is 6.34. The van der Waals surface area contributed by atoms with Gasteiger partial charge in [0, 0.05) is 0 Å². The number of rotatable bonds is 13. The first kappa shape index (κ1) is 38.0. The van der Waals surface area contributed by atoms with Crippen LogP contribution in [0.2, 0.25) is 0 Å². The molecule has 0 heterocycles. The number of hydrogen-bond donors (Lipinski definition) is 1. The average Bonchev–Trinajstić information content (AvgIpc) is 2.69. The summed E-state index contributed by atoms with van der Waals surface area (Å²) in [6.07, 6.45) is 0. The van der Waals surface area contributed by atoms with Crippen LogP contribution in [0.5, 0.6) is 0 Å². The molecule has 0 aliphatic rings. The van der Waals surface area contributed by atoms with Gasteiger partial charge in [-0.2, -0.15) is 0 Å². The second kappa shape index (κ2) is 14.3. The monoisotopic (exact) mass is 625 g/mol. The van der Waals surface area contributed by atoms with Crippen LogP contribution < -0.4 is 0 Å². The third-order valence-corrected chi connectivity index (χ3v) is 26.5. The maximum absolute atomic E-state index is 9.94. The van der Waals surface area contributed by atoms with Crippen molar-refractivity contribution in [3.8, 4) is 0 Å². The first-order valence-electron chi connectivity index (χ1n) is 12.3. The molecule has 0 saturated carbocycles. The van der Waals surface area contributed by atoms with Gasteiger partial charge in [-0.1, -0.05) is 0 Å². The van der Waals surface area contributed by atoms with Crippen molar-refractivity contribution in [3.63, 3.8) is 0 Å². The van der Waals surface area contributed by atoms with E-state index in [-0.39, 0.29) is 6.61 Å². The maximum atomic E-state index is 9.94. The molecule has 226 valence electrons. The molecule has 0 fully saturated rings. The van der Waals surface area contributed by atoms with Gasteiger partial charge in [0.05, 0.1) is 0 Å². The van der Waals surface area contributed by atoms with Crippen LogP contribution in [0.15, 0.2) is 18.1 Å². The van der Waals surface area contributed by atoms with E-state index in [1.54, 1.807) is 0 Å². The second-order valence-corrected chi connectivity index (χ2v) is 29.7. The molecule has 0 atom stereocenters. The van der Waals surface area contributed by atoms with Gasteiger partial charge < -0.3 is 0 Å². The van der Waals surface area contributed by atoms with Crippen LogP contribution >= 0.6 is 37.1 Å². The van der Waals surface area contributed by atoms with Crippen LogP contribution in [0.4, 0.5) is 0 Å². The van der Waals surface area contributed by atoms with E-state index in [1.807, 2.05) is 7.05 Å². The molecule has 0 bridgehead atoms. The summed E-state index contributed by atoms with van der Waals surface area (Å²) >= 11 is 0. The Morgan fingerprint density at radius 3 is 1.05 bits per heavy atom. The average molecular weight is 626 g/mol. The van der Waals surface area contributed by atoms with Crippen LogP contribution in [-0.4, -0.2) is 176 Å². The molecule has 0 aromatic carbocycles. The van der Waals surface area contributed by atoms with Crippen molar-refractivity contribution in [2.24, 2.45) is 18.1 Å². The van der Waals surface area contributed by atoms with Gasteiger partial charge in [0.2, 0.25) is 0 Å². The molecule has 17 heteroatoms. The molecule has 12 nitrogen and oxygen atoms in total. The molecule has 0 amide bonds. The molecular weight excluding hydrogens is 565 g/mol. The molecule has 0 aliphatic heterocycles. The van der Waals surface area contributed by atoms with E-state index in [9.17, 15) is 5.11 Å². The van der Waals surface area contributed by atoms with E-state index in [2.05, 4.69) is 151 Å². The Hall–Kier alpha value is 1.03. The molecule has 1 N–H and O–H groups in total. The predicted molar refractivity (Wildman–Crippen MR) is 177 cm³/mol. The quantitative estimate of drug-likeness (QED) is 0.285. The third kappa shape index (κ3) is 9.27. The van der Waals surface area contributed by atoms with Crippen LogP contribution in [-0.2, 0) is 0 Å². The molecule has 0 aliphatic carbocycles. The van der Waals surface area contributed by atoms with Crippen molar-refractivity contribution < 1.29 is 5.11 Å². The Bertz CT molecular complexity index is 887. The van der Waals surface area contributed by atoms with E-state index in [0.29, 0.717) is 6.54 Å². The van der Waals surface area contributed by atoms with Crippen LogP contribution in [0, 0.1) is 0 Å². The molecule has 37 heavy (non-hydrogen) atoms. The van der Waals surface area contributed by atoms with Gasteiger partial charge in [0.25, 0.3) is 0 Å². The normalized spacial score (nSPS) is 15.1. The van der Waals surface area contributed by atoms with E-state index in [0.717, 1.165) is 0 Å². The summed E-state index contributed by atoms with van der Waals surface area (Å²) in [7, 11) is 14.9. The topological polar surface area (TPSA) is 92.3 Å². The van der Waals surface area contributed by atoms with E-state index in [1.165, 1.54) is 0 Å². The molecule has 0 rings (SSSR count). The summed E-state index contributed by atoms with van der Waals surface area (Å²) in [5.41, 5.74) is 0. The standard InChI is InChI=1S/C20H60N11OP5/c1-25(2)34(17,26(3)4)22-36(21-33(14,15)16,23-35(18,27(5)6)28(7)8)24-37(29(9)10,30(11)12)31(13)19-20-32/h32,36H,19-20H2,1-18H3. The van der Waals surface area contributed by atoms with E-state index < -0.39 is 37.1 Å². The number of hydrogen-bond acceptors (Lipinski definition) is 5. The van der Waals surface area contributed by atoms with Gasteiger partial charge in [-0.25, -0.2) is 0 Å². The summed E-state index contributed by atoms with van der Waals surface area (Å²) in [6.45, 7) is 11.6. The Morgan fingerprint density at radius 1 is 0.514 bits per heavy atom. The van der Waals surface area contributed by atoms with Gasteiger partial charge in [-0.05, 0) is 0 Å². The number of likely N-dealkylation sites (N-methyl/N-ethyl adjacent to an activating group) is 1. The van der Waals surface area contributed by atoms with Gasteiger partial charge in [0.1, 0.15) is 0 Å². The van der Waals surface area contributed by atoms with Gasteiger partial charge in [0.15, 0.2) is 0 Å². The predicted octanol–water partition coefficient (Wildman–Crippen LogP) is 5.05. The first-order chi connectivity index (χ1) is 16.5. The van der Waals surface area contributed by atoms with Crippen molar-refractivity contribution in [2.75, 3.05) is 138 Å². The Morgan fingerprint density at radius 2 is 0.838 bits per heavy atom. The molecule has 0 radical (unpaired) electrons. The number of nitrogens with zero attached hydrogens (tertiary/aromatic N) is 11. The summed E-state index contributed by atoms with van der Waals surface area (Å²) in [5, 5.41) is 9.94. The second-order valence-electron chi connectivity index (χ2n) is 11.4. The van der Waals surface area contributed by atoms with Crippen molar-refractivity contribution >= 4 is 37.1 Å². The van der Waals surface area contributed by atoms with Gasteiger partial charge >= 0.3 is 231 Å². The fraction of sp³-hybridized carbons (Fsp3) is 1.00. The Labute approximate surface area is 230 Å². The zero-order chi connectivity index (χ0) is 29.8. The van der Waals surface area contributed by atoms with Crippen LogP contribution in [0.25, 0.3) is 0 Å². The molecular formula is C20H60N11OP5. The Kier molecular flexibility index (Phi) is 14.7. The minimum absolute atomic E-state index is 0.0436. The van der Waals surface area contributed by atoms with Gasteiger partial charge in [-0.3, -0.25) is 0 Å². The van der Waals surface area contributed by atoms with Crippen molar-refractivity contribution in [2.45, 2.75) is 0 Å². The molecule has 0 aromatic heterocycles. The first-order valence-corrected chi connectivity index (χ1v) is 22.9. The molecule has 0 saturated heterocycles. The van der Waals surface area contributed by atoms with Crippen molar-refractivity contribution in [3.05, 3.63) is 0 Å². The SMILES string of the molecule is CN(C)P(C)(=N[PH](N=P(C)(C)C)(N=P(C)(N(C)C)N(C)C)N=P(N(C)C)(N(C)C)N(C)CCO)N(C)C. The molecule has 0 spiro atoms. The fourth-order valence-corrected chi connectivity index (χ4v) is 24.3. The summed E-state index contributed by atoms with van der Waals surface area (Å²) in [4.78, 5) is 0. The van der Waals surface area contributed by atoms with Crippen molar-refractivity contribution in [1.29, 1.82) is 0 Å². The number of aliphatic hydroxyl groups is 1. The minimum atomic E-state index is -3.48. The van der Waals surface area contributed by atoms with E-state index in [4.69, 9.17) is 18.1 Å². The van der Waals surface area contributed by atoms with Crippen LogP contribution in [0.3, 0.4) is 0 Å². The zero-order valence-electron chi connectivity index (χ0n) is 27.1. The number of aliphatic hydroxyl groups excluding tert-OH is 1. The molecule has 0 unspecified atom stereocenters. The zero-order valence-corrected chi connectivity index (χ0v) is 31.6.